The molecule has 0 bridgehead atoms. The smallest absolute Gasteiger partial charge is 0.305 e. The molecule has 1 amide bonds. The lowest BCUT2D eigenvalue weighted by Crippen LogP contribution is -2.35. The number of thioether (sulfide) groups is 1. The lowest BCUT2D eigenvalue weighted by atomic mass is 10.1. The molecule has 0 rings (SSSR count). The van der Waals surface area contributed by atoms with Crippen LogP contribution in [0.3, 0.4) is 0 Å². The van der Waals surface area contributed by atoms with E-state index in [4.69, 9.17) is 5.73 Å². The molecule has 0 saturated carbocycles. The molecule has 0 fully saturated rings. The van der Waals surface area contributed by atoms with Crippen molar-refractivity contribution in [3.05, 3.63) is 0 Å². The zero-order valence-corrected chi connectivity index (χ0v) is 11.6. The Morgan fingerprint density at radius 2 is 2.06 bits per heavy atom. The predicted octanol–water partition coefficient (Wildman–Crippen LogP) is 0.526. The minimum Gasteiger partial charge on any atom is -0.469 e. The highest BCUT2D eigenvalue weighted by Crippen LogP contribution is 2.08. The maximum absolute atomic E-state index is 11.4. The van der Waals surface area contributed by atoms with Crippen LogP contribution in [0, 0.1) is 0 Å². The minimum absolute atomic E-state index is 0.0240. The number of nitrogens with one attached hydrogen (secondary N) is 1. The van der Waals surface area contributed by atoms with Crippen molar-refractivity contribution >= 4 is 23.6 Å². The number of nitrogens with two attached hydrogens (primary N) is 1. The molecule has 0 radical (unpaired) electrons. The van der Waals surface area contributed by atoms with Crippen LogP contribution in [-0.2, 0) is 14.3 Å². The van der Waals surface area contributed by atoms with E-state index in [1.165, 1.54) is 18.9 Å². The summed E-state index contributed by atoms with van der Waals surface area (Å²) in [6.07, 6.45) is 0.936. The number of hydrogen-bond acceptors (Lipinski definition) is 5. The summed E-state index contributed by atoms with van der Waals surface area (Å²) in [5.74, 6) is 0.865. The Bertz CT molecular complexity index is 252. The summed E-state index contributed by atoms with van der Waals surface area (Å²) in [7, 11) is 1.35. The van der Waals surface area contributed by atoms with E-state index in [-0.39, 0.29) is 17.4 Å². The third kappa shape index (κ3) is 11.5. The molecule has 0 atom stereocenters. The van der Waals surface area contributed by atoms with Crippen molar-refractivity contribution in [3.8, 4) is 0 Å². The van der Waals surface area contributed by atoms with E-state index in [9.17, 15) is 9.59 Å². The molecule has 17 heavy (non-hydrogen) atoms. The van der Waals surface area contributed by atoms with Gasteiger partial charge < -0.3 is 15.8 Å². The average molecular weight is 262 g/mol. The lowest BCUT2D eigenvalue weighted by molar-refractivity contribution is -0.140. The maximum Gasteiger partial charge on any atom is 0.305 e. The van der Waals surface area contributed by atoms with E-state index in [2.05, 4.69) is 10.1 Å². The number of esters is 1. The highest BCUT2D eigenvalue weighted by Gasteiger charge is 2.11. The van der Waals surface area contributed by atoms with Gasteiger partial charge in [-0.2, -0.15) is 11.8 Å². The lowest BCUT2D eigenvalue weighted by Gasteiger charge is -2.17. The summed E-state index contributed by atoms with van der Waals surface area (Å²) in [6.45, 7) is 4.35. The summed E-state index contributed by atoms with van der Waals surface area (Å²) in [4.78, 5) is 22.1. The van der Waals surface area contributed by atoms with Gasteiger partial charge in [0.15, 0.2) is 0 Å². The van der Waals surface area contributed by atoms with Crippen LogP contribution in [0.1, 0.15) is 26.7 Å². The molecule has 3 N–H and O–H groups in total. The average Bonchev–Trinajstić information content (AvgIpc) is 2.22. The Kier molecular flexibility index (Phi) is 7.99. The van der Waals surface area contributed by atoms with Gasteiger partial charge in [-0.1, -0.05) is 0 Å². The second kappa shape index (κ2) is 8.36. The SMILES string of the molecule is COC(=O)CCCNC(=O)CSCC(C)(C)N. The van der Waals surface area contributed by atoms with Crippen molar-refractivity contribution in [2.45, 2.75) is 32.2 Å². The number of carbonyl (C=O) groups is 2. The quantitative estimate of drug-likeness (QED) is 0.492. The fourth-order valence-corrected chi connectivity index (χ4v) is 1.94. The summed E-state index contributed by atoms with van der Waals surface area (Å²) in [5, 5.41) is 2.74. The van der Waals surface area contributed by atoms with E-state index in [1.807, 2.05) is 13.8 Å². The van der Waals surface area contributed by atoms with Gasteiger partial charge in [-0.15, -0.1) is 0 Å². The number of rotatable bonds is 8. The molecule has 0 aliphatic carbocycles. The van der Waals surface area contributed by atoms with Gasteiger partial charge in [-0.05, 0) is 20.3 Å². The van der Waals surface area contributed by atoms with E-state index in [0.29, 0.717) is 25.1 Å². The van der Waals surface area contributed by atoms with Crippen molar-refractivity contribution in [1.82, 2.24) is 5.32 Å². The van der Waals surface area contributed by atoms with Gasteiger partial charge in [0.05, 0.1) is 12.9 Å². The molecule has 100 valence electrons. The van der Waals surface area contributed by atoms with Crippen LogP contribution in [-0.4, -0.2) is 42.6 Å². The van der Waals surface area contributed by atoms with Crippen molar-refractivity contribution in [2.75, 3.05) is 25.2 Å². The maximum atomic E-state index is 11.4. The largest absolute Gasteiger partial charge is 0.469 e. The van der Waals surface area contributed by atoms with Crippen LogP contribution in [0.25, 0.3) is 0 Å². The Balaban J connectivity index is 3.44. The fourth-order valence-electron chi connectivity index (χ4n) is 1.02. The van der Waals surface area contributed by atoms with Crippen LogP contribution >= 0.6 is 11.8 Å². The summed E-state index contributed by atoms with van der Waals surface area (Å²) in [6, 6.07) is 0. The second-order valence-electron chi connectivity index (χ2n) is 4.51. The van der Waals surface area contributed by atoms with Crippen molar-refractivity contribution in [3.63, 3.8) is 0 Å². The molecule has 6 heteroatoms. The Hall–Kier alpha value is -0.750. The standard InChI is InChI=1S/C11H22N2O3S/c1-11(2,12)8-17-7-9(14)13-6-4-5-10(15)16-3/h4-8,12H2,1-3H3,(H,13,14). The van der Waals surface area contributed by atoms with E-state index in [1.54, 1.807) is 0 Å². The molecular weight excluding hydrogens is 240 g/mol. The fraction of sp³-hybridized carbons (Fsp3) is 0.818. The molecule has 0 aromatic carbocycles. The Morgan fingerprint density at radius 3 is 2.59 bits per heavy atom. The molecule has 0 aromatic rings. The molecule has 0 unspecified atom stereocenters. The van der Waals surface area contributed by atoms with Crippen LogP contribution < -0.4 is 11.1 Å². The molecule has 5 nitrogen and oxygen atoms in total. The molecule has 0 aliphatic rings. The minimum atomic E-state index is -0.254. The first-order valence-corrected chi connectivity index (χ1v) is 6.71. The second-order valence-corrected chi connectivity index (χ2v) is 5.50. The highest BCUT2D eigenvalue weighted by molar-refractivity contribution is 8.00. The molecule has 0 aromatic heterocycles. The Morgan fingerprint density at radius 1 is 1.41 bits per heavy atom. The zero-order chi connectivity index (χ0) is 13.3. The number of hydrogen-bond donors (Lipinski definition) is 2. The van der Waals surface area contributed by atoms with Crippen LogP contribution in [0.5, 0.6) is 0 Å². The molecular formula is C11H22N2O3S. The van der Waals surface area contributed by atoms with E-state index >= 15 is 0 Å². The third-order valence-electron chi connectivity index (χ3n) is 1.81. The van der Waals surface area contributed by atoms with Gasteiger partial charge in [0, 0.05) is 24.3 Å². The van der Waals surface area contributed by atoms with E-state index < -0.39 is 0 Å². The third-order valence-corrected chi connectivity index (χ3v) is 3.23. The summed E-state index contributed by atoms with van der Waals surface area (Å²) < 4.78 is 4.49. The van der Waals surface area contributed by atoms with Crippen molar-refractivity contribution in [2.24, 2.45) is 5.73 Å². The normalized spacial score (nSPS) is 11.1. The first-order chi connectivity index (χ1) is 7.85. The summed E-state index contributed by atoms with van der Waals surface area (Å²) in [5.41, 5.74) is 5.53. The topological polar surface area (TPSA) is 81.4 Å². The van der Waals surface area contributed by atoms with Gasteiger partial charge in [0.2, 0.25) is 5.91 Å². The number of carbonyl (C=O) groups excluding carboxylic acids is 2. The van der Waals surface area contributed by atoms with Crippen molar-refractivity contribution < 1.29 is 14.3 Å². The molecule has 0 spiro atoms. The van der Waals surface area contributed by atoms with Crippen LogP contribution in [0.2, 0.25) is 0 Å². The molecule has 0 heterocycles. The van der Waals surface area contributed by atoms with Crippen LogP contribution in [0.4, 0.5) is 0 Å². The number of ether oxygens (including phenoxy) is 1. The van der Waals surface area contributed by atoms with Gasteiger partial charge in [0.25, 0.3) is 0 Å². The highest BCUT2D eigenvalue weighted by atomic mass is 32.2. The van der Waals surface area contributed by atoms with E-state index in [0.717, 1.165) is 5.75 Å². The predicted molar refractivity (Wildman–Crippen MR) is 69.9 cm³/mol. The Labute approximate surface area is 107 Å². The van der Waals surface area contributed by atoms with Gasteiger partial charge in [-0.25, -0.2) is 0 Å². The number of amides is 1. The summed E-state index contributed by atoms with van der Waals surface area (Å²) >= 11 is 1.51. The van der Waals surface area contributed by atoms with Gasteiger partial charge in [-0.3, -0.25) is 9.59 Å². The van der Waals surface area contributed by atoms with Crippen molar-refractivity contribution in [1.29, 1.82) is 0 Å². The first-order valence-electron chi connectivity index (χ1n) is 5.55. The first kappa shape index (κ1) is 16.2. The van der Waals surface area contributed by atoms with Crippen LogP contribution in [0.15, 0.2) is 0 Å². The number of methoxy groups -OCH3 is 1. The monoisotopic (exact) mass is 262 g/mol. The molecule has 0 aliphatic heterocycles. The van der Waals surface area contributed by atoms with Gasteiger partial charge in [0.1, 0.15) is 0 Å². The molecule has 0 saturated heterocycles. The van der Waals surface area contributed by atoms with Gasteiger partial charge >= 0.3 is 5.97 Å². The zero-order valence-electron chi connectivity index (χ0n) is 10.7.